The fraction of sp³-hybridized carbons (Fsp3) is 0.623. The molecule has 2 heterocycles. The second-order valence-electron chi connectivity index (χ2n) is 26.2. The normalized spacial score (nSPS) is 17.3. The van der Waals surface area contributed by atoms with Gasteiger partial charge in [-0.1, -0.05) is 87.3 Å². The maximum absolute atomic E-state index is 15.0. The number of urea groups is 1. The molecule has 11 amide bonds. The number of likely N-dealkylation sites (tertiary alicyclic amines) is 1. The second-order valence-corrected chi connectivity index (χ2v) is 26.2. The van der Waals surface area contributed by atoms with Gasteiger partial charge in [-0.3, -0.25) is 57.7 Å². The first kappa shape index (κ1) is 81.9. The van der Waals surface area contributed by atoms with E-state index in [-0.39, 0.29) is 111 Å². The Hall–Kier alpha value is -8.57. The molecule has 98 heavy (non-hydrogen) atoms. The number of nitrogens with two attached hydrogens (primary N) is 1. The van der Waals surface area contributed by atoms with E-state index < -0.39 is 126 Å². The molecule has 0 bridgehead atoms. The molecule has 2 aliphatic heterocycles. The number of hydrogen-bond donors (Lipinski definition) is 7. The molecule has 8 N–H and O–H groups in total. The van der Waals surface area contributed by atoms with Crippen molar-refractivity contribution in [3.05, 3.63) is 71.6 Å². The van der Waals surface area contributed by atoms with Crippen LogP contribution in [0.2, 0.25) is 0 Å². The molecule has 0 spiro atoms. The maximum atomic E-state index is 15.0. The van der Waals surface area contributed by atoms with Gasteiger partial charge in [0.15, 0.2) is 17.3 Å². The van der Waals surface area contributed by atoms with E-state index in [1.807, 2.05) is 41.5 Å². The Morgan fingerprint density at radius 3 is 1.95 bits per heavy atom. The lowest BCUT2D eigenvalue weighted by atomic mass is 9.89. The van der Waals surface area contributed by atoms with Crippen LogP contribution in [0.25, 0.3) is 0 Å². The first-order valence-electron chi connectivity index (χ1n) is 33.4. The molecule has 1 saturated heterocycles. The number of hydrogen-bond acceptors (Lipinski definition) is 18. The highest BCUT2D eigenvalue weighted by atomic mass is 19.1. The summed E-state index contributed by atoms with van der Waals surface area (Å²) in [5.74, 6) is -7.79. The van der Waals surface area contributed by atoms with Crippen molar-refractivity contribution in [1.29, 1.82) is 0 Å². The van der Waals surface area contributed by atoms with E-state index in [1.54, 1.807) is 58.9 Å². The van der Waals surface area contributed by atoms with E-state index in [1.165, 1.54) is 67.5 Å². The number of nitrogens with zero attached hydrogens (tertiary/aromatic N) is 4. The summed E-state index contributed by atoms with van der Waals surface area (Å²) in [5, 5.41) is 16.3. The lowest BCUT2D eigenvalue weighted by Crippen LogP contribution is -2.59. The third-order valence-corrected chi connectivity index (χ3v) is 17.7. The van der Waals surface area contributed by atoms with Gasteiger partial charge in [0, 0.05) is 70.6 Å². The third-order valence-electron chi connectivity index (χ3n) is 17.7. The average molecular weight is 1380 g/mol. The number of ketones is 1. The number of ether oxygens (including phenoxy) is 5. The first-order chi connectivity index (χ1) is 46.3. The number of imide groups is 1. The summed E-state index contributed by atoms with van der Waals surface area (Å²) < 4.78 is 43.0. The number of carbonyl (C=O) groups is 12. The summed E-state index contributed by atoms with van der Waals surface area (Å²) in [7, 11) is 9.27. The van der Waals surface area contributed by atoms with Gasteiger partial charge in [0.2, 0.25) is 41.4 Å². The van der Waals surface area contributed by atoms with E-state index in [0.29, 0.717) is 36.9 Å². The highest BCUT2D eigenvalue weighted by molar-refractivity contribution is 6.12. The van der Waals surface area contributed by atoms with Crippen LogP contribution in [-0.2, 0) is 68.7 Å². The molecule has 0 saturated carbocycles. The van der Waals surface area contributed by atoms with E-state index in [0.717, 1.165) is 11.0 Å². The number of amides is 11. The highest BCUT2D eigenvalue weighted by Crippen LogP contribution is 2.32. The van der Waals surface area contributed by atoms with Crippen molar-refractivity contribution in [3.8, 4) is 5.75 Å². The quantitative estimate of drug-likeness (QED) is 0.0207. The van der Waals surface area contributed by atoms with E-state index in [4.69, 9.17) is 29.4 Å². The van der Waals surface area contributed by atoms with Crippen LogP contribution in [-0.4, -0.2) is 214 Å². The topological polar surface area (TPSA) is 362 Å². The molecule has 0 aromatic heterocycles. The van der Waals surface area contributed by atoms with Gasteiger partial charge in [-0.25, -0.2) is 14.0 Å². The zero-order valence-corrected chi connectivity index (χ0v) is 59.4. The van der Waals surface area contributed by atoms with Crippen LogP contribution in [0.15, 0.2) is 54.6 Å². The minimum Gasteiger partial charge on any atom is -0.494 e. The molecule has 4 rings (SSSR count). The largest absolute Gasteiger partial charge is 0.508 e. The van der Waals surface area contributed by atoms with Crippen molar-refractivity contribution in [2.75, 3.05) is 74.0 Å². The first-order valence-corrected chi connectivity index (χ1v) is 33.4. The molecule has 2 aliphatic rings. The van der Waals surface area contributed by atoms with Crippen LogP contribution < -0.4 is 42.4 Å². The Morgan fingerprint density at radius 1 is 0.735 bits per heavy atom. The minimum atomic E-state index is -1.15. The Bertz CT molecular complexity index is 3080. The lowest BCUT2D eigenvalue weighted by Gasteiger charge is -2.41. The van der Waals surface area contributed by atoms with Crippen molar-refractivity contribution < 1.29 is 85.6 Å². The molecule has 1 fully saturated rings. The van der Waals surface area contributed by atoms with Gasteiger partial charge in [-0.2, -0.15) is 0 Å². The summed E-state index contributed by atoms with van der Waals surface area (Å²) in [5.41, 5.74) is 5.99. The van der Waals surface area contributed by atoms with E-state index >= 15 is 4.79 Å². The number of primary amides is 1. The van der Waals surface area contributed by atoms with Crippen LogP contribution in [0, 0.1) is 35.4 Å². The number of methoxy groups -OCH3 is 3. The number of benzene rings is 2. The van der Waals surface area contributed by atoms with Gasteiger partial charge < -0.3 is 71.1 Å². The fourth-order valence-corrected chi connectivity index (χ4v) is 12.2. The van der Waals surface area contributed by atoms with Crippen LogP contribution in [0.1, 0.15) is 136 Å². The fourth-order valence-electron chi connectivity index (χ4n) is 12.2. The Labute approximate surface area is 574 Å². The Balaban J connectivity index is 1.51. The number of likely N-dealkylation sites (N-methyl/N-ethyl adjacent to an activating group) is 2. The number of halogens is 1. The molecule has 28 nitrogen and oxygen atoms in total. The molecule has 2 aromatic carbocycles. The van der Waals surface area contributed by atoms with Gasteiger partial charge in [0.25, 0.3) is 11.8 Å². The molecule has 0 aliphatic carbocycles. The number of anilines is 1. The smallest absolute Gasteiger partial charge is 0.494 e. The molecule has 544 valence electrons. The van der Waals surface area contributed by atoms with Crippen LogP contribution >= 0.6 is 0 Å². The molecule has 0 radical (unpaired) electrons. The van der Waals surface area contributed by atoms with Gasteiger partial charge in [-0.05, 0) is 99.3 Å². The van der Waals surface area contributed by atoms with Crippen molar-refractivity contribution in [2.45, 2.75) is 181 Å². The van der Waals surface area contributed by atoms with Gasteiger partial charge in [0.05, 0.1) is 62.9 Å². The van der Waals surface area contributed by atoms with E-state index in [2.05, 4.69) is 31.9 Å². The molecule has 1 unspecified atom stereocenters. The third kappa shape index (κ3) is 24.2. The minimum absolute atomic E-state index is 0.0146. The van der Waals surface area contributed by atoms with Crippen molar-refractivity contribution in [2.24, 2.45) is 35.3 Å². The molecule has 29 heteroatoms. The van der Waals surface area contributed by atoms with E-state index in [9.17, 15) is 57.1 Å². The molecule has 2 aromatic rings. The summed E-state index contributed by atoms with van der Waals surface area (Å²) in [6.45, 7) is 15.7. The maximum Gasteiger partial charge on any atom is 0.508 e. The summed E-state index contributed by atoms with van der Waals surface area (Å²) in [6.07, 6.45) is 0.300. The van der Waals surface area contributed by atoms with Gasteiger partial charge in [0.1, 0.15) is 30.8 Å². The van der Waals surface area contributed by atoms with Gasteiger partial charge in [-0.15, -0.1) is 0 Å². The zero-order chi connectivity index (χ0) is 73.2. The van der Waals surface area contributed by atoms with Gasteiger partial charge >= 0.3 is 12.2 Å². The number of nitrogens with one attached hydrogen (secondary N) is 6. The van der Waals surface area contributed by atoms with Crippen molar-refractivity contribution >= 4 is 76.8 Å². The van der Waals surface area contributed by atoms with Crippen molar-refractivity contribution in [3.63, 3.8) is 0 Å². The SMILES string of the molecule is CC[C@H](C)[C@@H]([C@@H](CC(=O)N1C[C@@H](OC(=O)OCc2ccc(NC(=O)C(CCCNC(N)=O)NC(=O)[C@@H](NC(=O)CCCCCN3C(=O)C=CC3=O)C(C)C)cc2)C[C@H]1[C@H](OC)[C@@H](C)C(=O)NCC(=O)c1ccc(OC)c(F)c1)OC)N(C)C(=O)[C@@H](NC(=O)[C@H](C(C)C)N(C)C)C(C)C. The zero-order valence-electron chi connectivity index (χ0n) is 59.4. The Morgan fingerprint density at radius 2 is 1.39 bits per heavy atom. The highest BCUT2D eigenvalue weighted by Gasteiger charge is 2.47. The monoisotopic (exact) mass is 1380 g/mol. The molecular weight excluding hydrogens is 1270 g/mol. The number of rotatable bonds is 40. The number of unbranched alkanes of at least 4 members (excludes halogenated alkanes) is 2. The number of Topliss-reactive ketones (excluding diaryl/α,β-unsaturated/α-hetero) is 1. The van der Waals surface area contributed by atoms with Crippen LogP contribution in [0.5, 0.6) is 5.75 Å². The number of carbonyl (C=O) groups excluding carboxylic acids is 12. The summed E-state index contributed by atoms with van der Waals surface area (Å²) >= 11 is 0. The summed E-state index contributed by atoms with van der Waals surface area (Å²) in [4.78, 5) is 166. The van der Waals surface area contributed by atoms with Crippen LogP contribution in [0.4, 0.5) is 19.7 Å². The Kier molecular flexibility index (Phi) is 33.2. The summed E-state index contributed by atoms with van der Waals surface area (Å²) in [6, 6.07) is 3.81. The molecule has 11 atom stereocenters. The van der Waals surface area contributed by atoms with Crippen molar-refractivity contribution in [1.82, 2.24) is 46.2 Å². The lowest BCUT2D eigenvalue weighted by molar-refractivity contribution is -0.148. The molecular formula is C69H104FN11O17. The standard InChI is InChI=1S/C69H104FN11O17/c1-16-42(8)61(79(12)67(91)59(40(4)5)77-66(90)60(41(6)7)78(10)11)53(95-14)35-57(86)81-37-47(34-50(81)62(96-15)43(9)63(87)73-36-51(82)45-25-28-52(94-13)48(70)33-45)98-69(93)97-38-44-23-26-46(27-24-44)74-64(88)49(21-20-31-72-68(71)92)75-65(89)58(39(2)3)76-54(83)22-18-17-19-32-80-55(84)29-30-56(80)85/h23-30,33,39-43,47,49-50,53,58-62H,16-22,31-32,34-38H2,1-15H3,(H,73,87)(H,74,88)(H,75,89)(H,76,83)(H,77,90)(H3,71,72,92)/t42-,43+,47-,49?,50-,53+,58-,59-,60-,61-,62+/m0/s1. The van der Waals surface area contributed by atoms with Crippen LogP contribution in [0.3, 0.4) is 0 Å². The predicted octanol–water partition coefficient (Wildman–Crippen LogP) is 4.61. The predicted molar refractivity (Wildman–Crippen MR) is 361 cm³/mol. The average Bonchev–Trinajstić information content (AvgIpc) is 1.56. The second kappa shape index (κ2) is 39.7.